The molecule has 0 saturated heterocycles. The van der Waals surface area contributed by atoms with Gasteiger partial charge in [0, 0.05) is 5.69 Å². The van der Waals surface area contributed by atoms with Gasteiger partial charge in [0.25, 0.3) is 0 Å². The molecule has 2 atom stereocenters. The van der Waals surface area contributed by atoms with E-state index in [2.05, 4.69) is 34.8 Å². The molecule has 2 amide bonds. The lowest BCUT2D eigenvalue weighted by Gasteiger charge is -2.39. The van der Waals surface area contributed by atoms with E-state index in [-0.39, 0.29) is 12.2 Å². The van der Waals surface area contributed by atoms with Gasteiger partial charge in [-0.1, -0.05) is 62.4 Å². The van der Waals surface area contributed by atoms with Crippen LogP contribution in [0.4, 0.5) is 10.5 Å². The van der Waals surface area contributed by atoms with Crippen molar-refractivity contribution in [3.8, 4) is 0 Å². The number of nitrogens with zero attached hydrogens (tertiary/aromatic N) is 3. The average molecular weight is 399 g/mol. The number of benzene rings is 1. The van der Waals surface area contributed by atoms with Crippen molar-refractivity contribution in [3.05, 3.63) is 42.2 Å². The van der Waals surface area contributed by atoms with Crippen LogP contribution < -0.4 is 16.4 Å². The molecule has 0 unspecified atom stereocenters. The molecule has 1 aromatic carbocycles. The fraction of sp³-hybridized carbons (Fsp3) is 0.591. The van der Waals surface area contributed by atoms with Crippen LogP contribution in [0.1, 0.15) is 77.1 Å². The lowest BCUT2D eigenvalue weighted by molar-refractivity contribution is 0.174. The first-order chi connectivity index (χ1) is 14.0. The number of carbonyl (C=O) groups excluding carboxylic acids is 1. The molecular weight excluding hydrogens is 364 g/mol. The number of rotatable bonds is 8. The second-order valence-electron chi connectivity index (χ2n) is 8.28. The molecule has 0 bridgehead atoms. The maximum absolute atomic E-state index is 12.8. The highest BCUT2D eigenvalue weighted by Gasteiger charge is 2.40. The van der Waals surface area contributed by atoms with Gasteiger partial charge in [0.2, 0.25) is 0 Å². The van der Waals surface area contributed by atoms with Gasteiger partial charge in [-0.25, -0.2) is 9.48 Å². The Hall–Kier alpha value is -2.41. The van der Waals surface area contributed by atoms with E-state index in [1.165, 1.54) is 19.3 Å². The van der Waals surface area contributed by atoms with Crippen LogP contribution in [0, 0.1) is 5.92 Å². The van der Waals surface area contributed by atoms with Crippen molar-refractivity contribution in [2.24, 2.45) is 11.7 Å². The summed E-state index contributed by atoms with van der Waals surface area (Å²) in [6.45, 7) is 4.22. The Morgan fingerprint density at radius 3 is 2.69 bits per heavy atom. The molecule has 0 aliphatic heterocycles. The number of unbranched alkanes of at least 4 members (excludes halogenated alkanes) is 1. The number of nitrogens with two attached hydrogens (primary N) is 1. The first-order valence-corrected chi connectivity index (χ1v) is 10.8. The van der Waals surface area contributed by atoms with Crippen LogP contribution in [-0.4, -0.2) is 21.0 Å². The zero-order chi connectivity index (χ0) is 20.7. The molecule has 4 N–H and O–H groups in total. The zero-order valence-electron chi connectivity index (χ0n) is 17.6. The van der Waals surface area contributed by atoms with E-state index in [0.717, 1.165) is 43.5 Å². The van der Waals surface area contributed by atoms with Crippen LogP contribution in [0.3, 0.4) is 0 Å². The van der Waals surface area contributed by atoms with Crippen LogP contribution in [0.2, 0.25) is 0 Å². The molecule has 1 aliphatic carbocycles. The summed E-state index contributed by atoms with van der Waals surface area (Å²) < 4.78 is 1.74. The summed E-state index contributed by atoms with van der Waals surface area (Å²) in [4.78, 5) is 12.8. The van der Waals surface area contributed by atoms with Gasteiger partial charge in [0.1, 0.15) is 11.9 Å². The van der Waals surface area contributed by atoms with Crippen LogP contribution in [-0.2, 0) is 5.54 Å². The number of anilines is 1. The highest BCUT2D eigenvalue weighted by Crippen LogP contribution is 2.38. The molecular formula is C22H34N6O. The van der Waals surface area contributed by atoms with E-state index in [1.807, 2.05) is 36.5 Å². The Labute approximate surface area is 173 Å². The van der Waals surface area contributed by atoms with Gasteiger partial charge in [-0.3, -0.25) is 0 Å². The molecule has 1 saturated carbocycles. The number of hydrogen-bond acceptors (Lipinski definition) is 4. The second kappa shape index (κ2) is 9.87. The molecule has 158 valence electrons. The van der Waals surface area contributed by atoms with Gasteiger partial charge >= 0.3 is 6.03 Å². The first kappa shape index (κ1) is 21.3. The SMILES string of the molecule is CCCC[C@@H](N)n1cc([C@@](C)(NC(=O)Nc2ccccc2)C2CCCCC2)nn1. The van der Waals surface area contributed by atoms with Gasteiger partial charge in [-0.2, -0.15) is 0 Å². The molecule has 3 rings (SSSR count). The Balaban J connectivity index is 1.80. The van der Waals surface area contributed by atoms with Crippen molar-refractivity contribution in [2.75, 3.05) is 5.32 Å². The van der Waals surface area contributed by atoms with E-state index in [9.17, 15) is 4.79 Å². The third kappa shape index (κ3) is 5.35. The maximum Gasteiger partial charge on any atom is 0.319 e. The summed E-state index contributed by atoms with van der Waals surface area (Å²) in [6, 6.07) is 9.25. The van der Waals surface area contributed by atoms with Gasteiger partial charge in [-0.15, -0.1) is 5.10 Å². The molecule has 7 heteroatoms. The lowest BCUT2D eigenvalue weighted by Crippen LogP contribution is -2.51. The molecule has 1 fully saturated rings. The van der Waals surface area contributed by atoms with Crippen molar-refractivity contribution < 1.29 is 4.79 Å². The summed E-state index contributed by atoms with van der Waals surface area (Å²) in [6.07, 6.45) is 10.5. The Bertz CT molecular complexity index is 771. The summed E-state index contributed by atoms with van der Waals surface area (Å²) in [7, 11) is 0. The predicted molar refractivity (Wildman–Crippen MR) is 115 cm³/mol. The molecule has 0 spiro atoms. The monoisotopic (exact) mass is 398 g/mol. The quantitative estimate of drug-likeness (QED) is 0.608. The number of aromatic nitrogens is 3. The number of para-hydroxylation sites is 1. The van der Waals surface area contributed by atoms with Gasteiger partial charge < -0.3 is 16.4 Å². The van der Waals surface area contributed by atoms with Crippen molar-refractivity contribution in [3.63, 3.8) is 0 Å². The number of amides is 2. The van der Waals surface area contributed by atoms with E-state index >= 15 is 0 Å². The lowest BCUT2D eigenvalue weighted by atomic mass is 9.74. The Kier molecular flexibility index (Phi) is 7.25. The largest absolute Gasteiger partial charge is 0.327 e. The van der Waals surface area contributed by atoms with E-state index in [0.29, 0.717) is 5.92 Å². The van der Waals surface area contributed by atoms with Crippen molar-refractivity contribution in [1.82, 2.24) is 20.3 Å². The molecule has 0 radical (unpaired) electrons. The minimum absolute atomic E-state index is 0.190. The van der Waals surface area contributed by atoms with Crippen LogP contribution in [0.15, 0.2) is 36.5 Å². The number of carbonyl (C=O) groups is 1. The molecule has 1 aromatic heterocycles. The van der Waals surface area contributed by atoms with Gasteiger partial charge in [0.05, 0.1) is 11.7 Å². The molecule has 1 heterocycles. The number of urea groups is 1. The zero-order valence-corrected chi connectivity index (χ0v) is 17.6. The van der Waals surface area contributed by atoms with Crippen LogP contribution in [0.5, 0.6) is 0 Å². The second-order valence-corrected chi connectivity index (χ2v) is 8.28. The van der Waals surface area contributed by atoms with Crippen molar-refractivity contribution >= 4 is 11.7 Å². The van der Waals surface area contributed by atoms with Gasteiger partial charge in [0.15, 0.2) is 0 Å². The molecule has 7 nitrogen and oxygen atoms in total. The average Bonchev–Trinajstić information content (AvgIpc) is 3.24. The summed E-state index contributed by atoms with van der Waals surface area (Å²) >= 11 is 0. The standard InChI is InChI=1S/C22H34N6O/c1-3-4-15-20(23)28-16-19(26-27-28)22(2,17-11-7-5-8-12-17)25-21(29)24-18-13-9-6-10-14-18/h6,9-10,13-14,16-17,20H,3-5,7-8,11-12,15,23H2,1-2H3,(H2,24,25,29)/t20-,22-/m0/s1. The third-order valence-corrected chi connectivity index (χ3v) is 6.06. The van der Waals surface area contributed by atoms with Crippen molar-refractivity contribution in [2.45, 2.75) is 76.9 Å². The Morgan fingerprint density at radius 1 is 1.28 bits per heavy atom. The topological polar surface area (TPSA) is 97.9 Å². The highest BCUT2D eigenvalue weighted by molar-refractivity contribution is 5.89. The summed E-state index contributed by atoms with van der Waals surface area (Å²) in [5.74, 6) is 0.315. The summed E-state index contributed by atoms with van der Waals surface area (Å²) in [5, 5.41) is 14.9. The highest BCUT2D eigenvalue weighted by atomic mass is 16.2. The van der Waals surface area contributed by atoms with E-state index in [4.69, 9.17) is 5.73 Å². The molecule has 29 heavy (non-hydrogen) atoms. The van der Waals surface area contributed by atoms with Crippen LogP contribution >= 0.6 is 0 Å². The normalized spacial score (nSPS) is 18.0. The number of nitrogens with one attached hydrogen (secondary N) is 2. The smallest absolute Gasteiger partial charge is 0.319 e. The predicted octanol–water partition coefficient (Wildman–Crippen LogP) is 4.54. The number of hydrogen-bond donors (Lipinski definition) is 3. The van der Waals surface area contributed by atoms with E-state index < -0.39 is 5.54 Å². The van der Waals surface area contributed by atoms with Gasteiger partial charge in [-0.05, 0) is 44.2 Å². The Morgan fingerprint density at radius 2 is 2.00 bits per heavy atom. The maximum atomic E-state index is 12.8. The minimum Gasteiger partial charge on any atom is -0.327 e. The van der Waals surface area contributed by atoms with Crippen molar-refractivity contribution in [1.29, 1.82) is 0 Å². The fourth-order valence-electron chi connectivity index (χ4n) is 4.20. The first-order valence-electron chi connectivity index (χ1n) is 10.8. The minimum atomic E-state index is -0.595. The fourth-order valence-corrected chi connectivity index (χ4v) is 4.20. The third-order valence-electron chi connectivity index (χ3n) is 6.06. The van der Waals surface area contributed by atoms with E-state index in [1.54, 1.807) is 4.68 Å². The molecule has 1 aliphatic rings. The van der Waals surface area contributed by atoms with Crippen LogP contribution in [0.25, 0.3) is 0 Å². The molecule has 2 aromatic rings. The summed E-state index contributed by atoms with van der Waals surface area (Å²) in [5.41, 5.74) is 7.23.